The molecule has 0 aliphatic heterocycles. The quantitative estimate of drug-likeness (QED) is 0.756. The Balaban J connectivity index is 2.31. The zero-order valence-electron chi connectivity index (χ0n) is 17.4. The molecule has 1 unspecified atom stereocenters. The fourth-order valence-electron chi connectivity index (χ4n) is 3.70. The highest BCUT2D eigenvalue weighted by atomic mass is 32.2. The summed E-state index contributed by atoms with van der Waals surface area (Å²) in [6.45, 7) is 11.8. The van der Waals surface area contributed by atoms with E-state index >= 15 is 0 Å². The summed E-state index contributed by atoms with van der Waals surface area (Å²) >= 11 is 0. The maximum Gasteiger partial charge on any atom is 0.241 e. The molecule has 0 spiro atoms. The topological polar surface area (TPSA) is 55.4 Å². The minimum absolute atomic E-state index is 0.165. The molecule has 0 saturated heterocycles. The second kappa shape index (κ2) is 8.44. The van der Waals surface area contributed by atoms with Gasteiger partial charge in [0.05, 0.1) is 12.0 Å². The number of hydrogen-bond acceptors (Lipinski definition) is 3. The first-order chi connectivity index (χ1) is 12.6. The third kappa shape index (κ3) is 4.71. The summed E-state index contributed by atoms with van der Waals surface area (Å²) in [6.07, 6.45) is 1.37. The van der Waals surface area contributed by atoms with Gasteiger partial charge in [-0.2, -0.15) is 0 Å². The van der Waals surface area contributed by atoms with Crippen LogP contribution in [-0.4, -0.2) is 21.6 Å². The third-order valence-corrected chi connectivity index (χ3v) is 7.05. The number of sulfonamides is 1. The predicted octanol–water partition coefficient (Wildman–Crippen LogP) is 4.54. The lowest BCUT2D eigenvalue weighted by Gasteiger charge is -2.21. The zero-order chi connectivity index (χ0) is 20.4. The highest BCUT2D eigenvalue weighted by Crippen LogP contribution is 2.26. The Morgan fingerprint density at radius 3 is 2.11 bits per heavy atom. The first-order valence-corrected chi connectivity index (χ1v) is 10.8. The van der Waals surface area contributed by atoms with E-state index in [2.05, 4.69) is 11.6 Å². The van der Waals surface area contributed by atoms with Gasteiger partial charge in [0, 0.05) is 6.04 Å². The average Bonchev–Trinajstić information content (AvgIpc) is 2.57. The van der Waals surface area contributed by atoms with Crippen LogP contribution in [0.2, 0.25) is 0 Å². The molecule has 0 heterocycles. The highest BCUT2D eigenvalue weighted by molar-refractivity contribution is 7.89. The second-order valence-electron chi connectivity index (χ2n) is 7.34. The molecule has 0 aromatic heterocycles. The number of ether oxygens (including phenoxy) is 1. The van der Waals surface area contributed by atoms with Crippen LogP contribution in [0.15, 0.2) is 29.2 Å². The molecule has 0 aliphatic carbocycles. The van der Waals surface area contributed by atoms with Crippen LogP contribution in [-0.2, 0) is 16.4 Å². The maximum absolute atomic E-state index is 13.1. The summed E-state index contributed by atoms with van der Waals surface area (Å²) in [5.41, 5.74) is 6.02. The number of hydrogen-bond donors (Lipinski definition) is 1. The zero-order valence-corrected chi connectivity index (χ0v) is 18.3. The van der Waals surface area contributed by atoms with E-state index < -0.39 is 10.0 Å². The second-order valence-corrected chi connectivity index (χ2v) is 8.99. The third-order valence-electron chi connectivity index (χ3n) is 5.22. The summed E-state index contributed by atoms with van der Waals surface area (Å²) in [5.74, 6) is 0.857. The van der Waals surface area contributed by atoms with Gasteiger partial charge < -0.3 is 4.74 Å². The fourth-order valence-corrected chi connectivity index (χ4v) is 5.47. The van der Waals surface area contributed by atoms with Crippen molar-refractivity contribution in [2.24, 2.45) is 0 Å². The largest absolute Gasteiger partial charge is 0.496 e. The molecule has 148 valence electrons. The van der Waals surface area contributed by atoms with Crippen LogP contribution in [0.25, 0.3) is 0 Å². The molecule has 0 fully saturated rings. The maximum atomic E-state index is 13.1. The first kappa shape index (κ1) is 21.5. The van der Waals surface area contributed by atoms with E-state index in [-0.39, 0.29) is 6.04 Å². The van der Waals surface area contributed by atoms with Crippen molar-refractivity contribution in [3.8, 4) is 5.75 Å². The fraction of sp³-hybridized carbons (Fsp3) is 0.455. The van der Waals surface area contributed by atoms with Gasteiger partial charge in [0.1, 0.15) is 5.75 Å². The van der Waals surface area contributed by atoms with Gasteiger partial charge in [-0.05, 0) is 81.3 Å². The van der Waals surface area contributed by atoms with Gasteiger partial charge in [-0.1, -0.05) is 30.7 Å². The SMILES string of the molecule is CCC(Cc1ccc(OC)c(C)c1C)NS(=O)(=O)c1c(C)cc(C)cc1C. The van der Waals surface area contributed by atoms with Gasteiger partial charge in [0.2, 0.25) is 10.0 Å². The van der Waals surface area contributed by atoms with Crippen LogP contribution < -0.4 is 9.46 Å². The molecule has 0 bridgehead atoms. The van der Waals surface area contributed by atoms with E-state index in [1.54, 1.807) is 7.11 Å². The Morgan fingerprint density at radius 2 is 1.59 bits per heavy atom. The molecule has 1 atom stereocenters. The standard InChI is InChI=1S/C22H31NO3S/c1-8-20(13-19-9-10-21(26-7)18(6)17(19)5)23-27(24,25)22-15(3)11-14(2)12-16(22)4/h9-12,20,23H,8,13H2,1-7H3. The molecule has 2 aromatic carbocycles. The van der Waals surface area contributed by atoms with E-state index in [0.717, 1.165) is 39.1 Å². The molecular formula is C22H31NO3S. The molecule has 2 aromatic rings. The van der Waals surface area contributed by atoms with Crippen molar-refractivity contribution in [3.05, 3.63) is 57.6 Å². The van der Waals surface area contributed by atoms with E-state index in [9.17, 15) is 8.42 Å². The van der Waals surface area contributed by atoms with Crippen LogP contribution in [0.5, 0.6) is 5.75 Å². The van der Waals surface area contributed by atoms with Crippen molar-refractivity contribution in [1.29, 1.82) is 0 Å². The van der Waals surface area contributed by atoms with Crippen molar-refractivity contribution in [1.82, 2.24) is 4.72 Å². The normalized spacial score (nSPS) is 12.9. The van der Waals surface area contributed by atoms with Crippen molar-refractivity contribution in [2.75, 3.05) is 7.11 Å². The summed E-state index contributed by atoms with van der Waals surface area (Å²) in [5, 5.41) is 0. The molecule has 0 amide bonds. The summed E-state index contributed by atoms with van der Waals surface area (Å²) < 4.78 is 34.4. The lowest BCUT2D eigenvalue weighted by Crippen LogP contribution is -2.36. The monoisotopic (exact) mass is 389 g/mol. The van der Waals surface area contributed by atoms with Crippen LogP contribution in [0, 0.1) is 34.6 Å². The number of nitrogens with one attached hydrogen (secondary N) is 1. The van der Waals surface area contributed by atoms with Gasteiger partial charge in [-0.3, -0.25) is 0 Å². The molecule has 5 heteroatoms. The van der Waals surface area contributed by atoms with E-state index in [1.165, 1.54) is 0 Å². The van der Waals surface area contributed by atoms with Gasteiger partial charge in [-0.15, -0.1) is 0 Å². The van der Waals surface area contributed by atoms with Crippen molar-refractivity contribution >= 4 is 10.0 Å². The minimum atomic E-state index is -3.58. The van der Waals surface area contributed by atoms with Gasteiger partial charge in [-0.25, -0.2) is 13.1 Å². The van der Waals surface area contributed by atoms with Crippen LogP contribution in [0.1, 0.15) is 46.7 Å². The summed E-state index contributed by atoms with van der Waals surface area (Å²) in [4.78, 5) is 0.397. The molecule has 0 radical (unpaired) electrons. The first-order valence-electron chi connectivity index (χ1n) is 9.34. The van der Waals surface area contributed by atoms with Crippen LogP contribution in [0.3, 0.4) is 0 Å². The number of rotatable bonds is 7. The molecule has 4 nitrogen and oxygen atoms in total. The van der Waals surface area contributed by atoms with Crippen molar-refractivity contribution in [2.45, 2.75) is 65.3 Å². The number of aryl methyl sites for hydroxylation is 3. The van der Waals surface area contributed by atoms with Crippen molar-refractivity contribution < 1.29 is 13.2 Å². The van der Waals surface area contributed by atoms with Crippen molar-refractivity contribution in [3.63, 3.8) is 0 Å². The minimum Gasteiger partial charge on any atom is -0.496 e. The molecule has 2 rings (SSSR count). The van der Waals surface area contributed by atoms with Gasteiger partial charge in [0.15, 0.2) is 0 Å². The molecule has 0 saturated carbocycles. The highest BCUT2D eigenvalue weighted by Gasteiger charge is 2.24. The molecule has 0 aliphatic rings. The number of methoxy groups -OCH3 is 1. The Bertz CT molecular complexity index is 910. The van der Waals surface area contributed by atoms with Crippen LogP contribution >= 0.6 is 0 Å². The Hall–Kier alpha value is -1.85. The van der Waals surface area contributed by atoms with E-state index in [4.69, 9.17) is 4.74 Å². The average molecular weight is 390 g/mol. The summed E-state index contributed by atoms with van der Waals surface area (Å²) in [7, 11) is -1.92. The predicted molar refractivity (Wildman–Crippen MR) is 111 cm³/mol. The molecule has 1 N–H and O–H groups in total. The van der Waals surface area contributed by atoms with Crippen LogP contribution in [0.4, 0.5) is 0 Å². The Labute approximate surface area is 164 Å². The Kier molecular flexibility index (Phi) is 6.71. The lowest BCUT2D eigenvalue weighted by atomic mass is 9.96. The number of benzene rings is 2. The van der Waals surface area contributed by atoms with Gasteiger partial charge in [0.25, 0.3) is 0 Å². The molecular weight excluding hydrogens is 358 g/mol. The Morgan fingerprint density at radius 1 is 1.00 bits per heavy atom. The van der Waals surface area contributed by atoms with E-state index in [1.807, 2.05) is 58.9 Å². The molecule has 27 heavy (non-hydrogen) atoms. The summed E-state index contributed by atoms with van der Waals surface area (Å²) in [6, 6.07) is 7.65. The lowest BCUT2D eigenvalue weighted by molar-refractivity contribution is 0.411. The smallest absolute Gasteiger partial charge is 0.241 e. The van der Waals surface area contributed by atoms with E-state index in [0.29, 0.717) is 17.7 Å². The van der Waals surface area contributed by atoms with Gasteiger partial charge >= 0.3 is 0 Å².